The Morgan fingerprint density at radius 1 is 1.24 bits per heavy atom. The predicted molar refractivity (Wildman–Crippen MR) is 86.8 cm³/mol. The first kappa shape index (κ1) is 16.1. The third-order valence-electron chi connectivity index (χ3n) is 4.39. The van der Waals surface area contributed by atoms with Gasteiger partial charge in [0, 0.05) is 6.04 Å². The minimum Gasteiger partial charge on any atom is -0.397 e. The summed E-state index contributed by atoms with van der Waals surface area (Å²) < 4.78 is 26.0. The number of anilines is 2. The summed E-state index contributed by atoms with van der Waals surface area (Å²) in [4.78, 5) is 0.240. The molecule has 0 spiro atoms. The van der Waals surface area contributed by atoms with Crippen LogP contribution < -0.4 is 15.8 Å². The minimum absolute atomic E-state index is 0.240. The van der Waals surface area contributed by atoms with Crippen LogP contribution in [0.15, 0.2) is 23.1 Å². The largest absolute Gasteiger partial charge is 0.397 e. The van der Waals surface area contributed by atoms with E-state index in [0.717, 1.165) is 18.8 Å². The first-order chi connectivity index (χ1) is 9.96. The van der Waals surface area contributed by atoms with E-state index < -0.39 is 10.0 Å². The van der Waals surface area contributed by atoms with Gasteiger partial charge < -0.3 is 11.1 Å². The molecule has 0 atom stereocenters. The molecule has 21 heavy (non-hydrogen) atoms. The molecule has 1 aromatic carbocycles. The van der Waals surface area contributed by atoms with E-state index in [-0.39, 0.29) is 4.90 Å². The van der Waals surface area contributed by atoms with Crippen molar-refractivity contribution in [1.29, 1.82) is 0 Å². The molecule has 1 aliphatic rings. The molecule has 6 heteroatoms. The Bertz CT molecular complexity index is 579. The van der Waals surface area contributed by atoms with Gasteiger partial charge in [-0.05, 0) is 56.8 Å². The van der Waals surface area contributed by atoms with Crippen LogP contribution in [0.1, 0.15) is 39.0 Å². The first-order valence-corrected chi connectivity index (χ1v) is 9.04. The number of nitrogens with two attached hydrogens (primary N) is 1. The monoisotopic (exact) mass is 311 g/mol. The van der Waals surface area contributed by atoms with E-state index >= 15 is 0 Å². The van der Waals surface area contributed by atoms with Gasteiger partial charge in [-0.3, -0.25) is 0 Å². The molecular weight excluding hydrogens is 286 g/mol. The Morgan fingerprint density at radius 2 is 1.90 bits per heavy atom. The highest BCUT2D eigenvalue weighted by Crippen LogP contribution is 2.30. The van der Waals surface area contributed by atoms with E-state index in [1.54, 1.807) is 12.1 Å². The van der Waals surface area contributed by atoms with Gasteiger partial charge in [0.25, 0.3) is 0 Å². The van der Waals surface area contributed by atoms with Crippen LogP contribution in [-0.4, -0.2) is 21.5 Å². The molecule has 1 aromatic rings. The Labute approximate surface area is 127 Å². The highest BCUT2D eigenvalue weighted by atomic mass is 32.2. The van der Waals surface area contributed by atoms with E-state index in [4.69, 9.17) is 5.73 Å². The van der Waals surface area contributed by atoms with Crippen LogP contribution in [0.5, 0.6) is 0 Å². The van der Waals surface area contributed by atoms with Gasteiger partial charge in [0.1, 0.15) is 0 Å². The normalized spacial score (nSPS) is 23.0. The van der Waals surface area contributed by atoms with Crippen LogP contribution in [0, 0.1) is 5.92 Å². The summed E-state index contributed by atoms with van der Waals surface area (Å²) in [5.74, 6) is 0.830. The summed E-state index contributed by atoms with van der Waals surface area (Å²) in [6.07, 6.45) is 5.91. The zero-order valence-corrected chi connectivity index (χ0v) is 13.5. The molecule has 0 amide bonds. The van der Waals surface area contributed by atoms with Crippen molar-refractivity contribution in [2.75, 3.05) is 18.1 Å². The lowest BCUT2D eigenvalue weighted by Gasteiger charge is -2.29. The molecule has 1 fully saturated rings. The van der Waals surface area contributed by atoms with Crippen LogP contribution in [0.3, 0.4) is 0 Å². The third kappa shape index (κ3) is 3.89. The summed E-state index contributed by atoms with van der Waals surface area (Å²) in [6, 6.07) is 5.17. The number of nitrogen functional groups attached to an aromatic ring is 1. The van der Waals surface area contributed by atoms with Crippen molar-refractivity contribution in [3.63, 3.8) is 0 Å². The van der Waals surface area contributed by atoms with Crippen LogP contribution in [-0.2, 0) is 10.0 Å². The van der Waals surface area contributed by atoms with Crippen LogP contribution in [0.2, 0.25) is 0 Å². The van der Waals surface area contributed by atoms with Crippen molar-refractivity contribution in [3.05, 3.63) is 18.2 Å². The summed E-state index contributed by atoms with van der Waals surface area (Å²) in [7, 11) is -2.03. The average Bonchev–Trinajstić information content (AvgIpc) is 2.50. The Hall–Kier alpha value is -1.27. The number of hydrogen-bond donors (Lipinski definition) is 3. The third-order valence-corrected chi connectivity index (χ3v) is 5.80. The Kier molecular flexibility index (Phi) is 5.11. The number of nitrogens with one attached hydrogen (secondary N) is 2. The molecule has 0 saturated heterocycles. The average molecular weight is 311 g/mol. The SMILES string of the molecule is CCC1CCC(Nc2cc(S(=O)(=O)NC)ccc2N)CC1. The topological polar surface area (TPSA) is 84.2 Å². The summed E-state index contributed by atoms with van der Waals surface area (Å²) in [6.45, 7) is 2.24. The van der Waals surface area contributed by atoms with Gasteiger partial charge in [0.2, 0.25) is 10.0 Å². The fraction of sp³-hybridized carbons (Fsp3) is 0.600. The summed E-state index contributed by atoms with van der Waals surface area (Å²) >= 11 is 0. The van der Waals surface area contributed by atoms with Crippen LogP contribution in [0.4, 0.5) is 11.4 Å². The summed E-state index contributed by atoms with van der Waals surface area (Å²) in [5.41, 5.74) is 7.27. The molecular formula is C15H25N3O2S. The lowest BCUT2D eigenvalue weighted by atomic mass is 9.84. The van der Waals surface area contributed by atoms with Gasteiger partial charge in [-0.2, -0.15) is 0 Å². The van der Waals surface area contributed by atoms with Gasteiger partial charge >= 0.3 is 0 Å². The lowest BCUT2D eigenvalue weighted by Crippen LogP contribution is -2.26. The molecule has 1 saturated carbocycles. The second-order valence-electron chi connectivity index (χ2n) is 5.73. The van der Waals surface area contributed by atoms with Crippen molar-refractivity contribution in [2.24, 2.45) is 5.92 Å². The first-order valence-electron chi connectivity index (χ1n) is 7.56. The Balaban J connectivity index is 2.12. The fourth-order valence-corrected chi connectivity index (χ4v) is 3.64. The zero-order chi connectivity index (χ0) is 15.5. The molecule has 0 aliphatic heterocycles. The molecule has 0 aromatic heterocycles. The molecule has 0 unspecified atom stereocenters. The van der Waals surface area contributed by atoms with Gasteiger partial charge in [0.15, 0.2) is 0 Å². The standard InChI is InChI=1S/C15H25N3O2S/c1-3-11-4-6-12(7-5-11)18-15-10-13(8-9-14(15)16)21(19,20)17-2/h8-12,17-18H,3-7,16H2,1-2H3. The molecule has 2 rings (SSSR count). The quantitative estimate of drug-likeness (QED) is 0.730. The van der Waals surface area contributed by atoms with Gasteiger partial charge in [-0.1, -0.05) is 13.3 Å². The maximum absolute atomic E-state index is 11.9. The fourth-order valence-electron chi connectivity index (χ4n) is 2.88. The number of sulfonamides is 1. The van der Waals surface area contributed by atoms with Gasteiger partial charge in [-0.25, -0.2) is 13.1 Å². The molecule has 118 valence electrons. The molecule has 0 radical (unpaired) electrons. The molecule has 1 aliphatic carbocycles. The summed E-state index contributed by atoms with van der Waals surface area (Å²) in [5, 5.41) is 3.41. The van der Waals surface area contributed by atoms with Crippen LogP contribution in [0.25, 0.3) is 0 Å². The molecule has 0 heterocycles. The van der Waals surface area contributed by atoms with E-state index in [1.807, 2.05) is 0 Å². The maximum atomic E-state index is 11.9. The Morgan fingerprint density at radius 3 is 2.48 bits per heavy atom. The van der Waals surface area contributed by atoms with E-state index in [9.17, 15) is 8.42 Å². The smallest absolute Gasteiger partial charge is 0.240 e. The maximum Gasteiger partial charge on any atom is 0.240 e. The van der Waals surface area contributed by atoms with Crippen molar-refractivity contribution in [2.45, 2.75) is 50.0 Å². The van der Waals surface area contributed by atoms with Crippen molar-refractivity contribution in [3.8, 4) is 0 Å². The highest BCUT2D eigenvalue weighted by molar-refractivity contribution is 7.89. The number of benzene rings is 1. The van der Waals surface area contributed by atoms with Crippen molar-refractivity contribution >= 4 is 21.4 Å². The predicted octanol–water partition coefficient (Wildman–Crippen LogP) is 2.56. The van der Waals surface area contributed by atoms with E-state index in [2.05, 4.69) is 17.0 Å². The lowest BCUT2D eigenvalue weighted by molar-refractivity contribution is 0.330. The molecule has 0 bridgehead atoms. The molecule has 5 nitrogen and oxygen atoms in total. The van der Waals surface area contributed by atoms with E-state index in [1.165, 1.54) is 32.4 Å². The number of rotatable bonds is 5. The van der Waals surface area contributed by atoms with Crippen molar-refractivity contribution in [1.82, 2.24) is 4.72 Å². The van der Waals surface area contributed by atoms with Crippen molar-refractivity contribution < 1.29 is 8.42 Å². The van der Waals surface area contributed by atoms with E-state index in [0.29, 0.717) is 17.4 Å². The number of hydrogen-bond acceptors (Lipinski definition) is 4. The van der Waals surface area contributed by atoms with Crippen LogP contribution >= 0.6 is 0 Å². The second kappa shape index (κ2) is 6.66. The highest BCUT2D eigenvalue weighted by Gasteiger charge is 2.21. The zero-order valence-electron chi connectivity index (χ0n) is 12.7. The minimum atomic E-state index is -3.44. The van der Waals surface area contributed by atoms with Gasteiger partial charge in [0.05, 0.1) is 16.3 Å². The second-order valence-corrected chi connectivity index (χ2v) is 7.61. The molecule has 4 N–H and O–H groups in total. The van der Waals surface area contributed by atoms with Gasteiger partial charge in [-0.15, -0.1) is 0 Å².